The second kappa shape index (κ2) is 10.3. The molecule has 0 aliphatic rings. The number of hydrogen-bond acceptors (Lipinski definition) is 6. The zero-order chi connectivity index (χ0) is 21.2. The summed E-state index contributed by atoms with van der Waals surface area (Å²) >= 11 is 0. The number of benzene rings is 2. The Balaban J connectivity index is 1.93. The minimum atomic E-state index is -1.07. The molecule has 8 nitrogen and oxygen atoms in total. The van der Waals surface area contributed by atoms with Crippen LogP contribution in [0.4, 0.5) is 5.69 Å². The number of ether oxygens (including phenoxy) is 1. The third kappa shape index (κ3) is 6.22. The molecule has 2 rings (SSSR count). The van der Waals surface area contributed by atoms with Crippen molar-refractivity contribution in [2.75, 3.05) is 11.9 Å². The SMILES string of the molecule is CCOC(=O)c1ccc(CN/C=C(/C#N)C(=O)Nc2ccc(C(=O)O)cc2)cc1. The molecule has 0 saturated carbocycles. The van der Waals surface area contributed by atoms with Gasteiger partial charge in [0.25, 0.3) is 5.91 Å². The molecule has 0 fully saturated rings. The largest absolute Gasteiger partial charge is 0.478 e. The van der Waals surface area contributed by atoms with E-state index in [1.165, 1.54) is 30.5 Å². The molecule has 0 aliphatic heterocycles. The molecule has 3 N–H and O–H groups in total. The van der Waals surface area contributed by atoms with E-state index in [2.05, 4.69) is 10.6 Å². The molecule has 29 heavy (non-hydrogen) atoms. The first-order valence-corrected chi connectivity index (χ1v) is 8.69. The number of rotatable bonds is 8. The van der Waals surface area contributed by atoms with Gasteiger partial charge in [-0.1, -0.05) is 12.1 Å². The summed E-state index contributed by atoms with van der Waals surface area (Å²) in [5, 5.41) is 23.5. The molecule has 0 aromatic heterocycles. The van der Waals surface area contributed by atoms with Crippen LogP contribution in [0.25, 0.3) is 0 Å². The average Bonchev–Trinajstić information content (AvgIpc) is 2.72. The second-order valence-corrected chi connectivity index (χ2v) is 5.80. The molecule has 2 aromatic carbocycles. The number of anilines is 1. The summed E-state index contributed by atoms with van der Waals surface area (Å²) in [6.07, 6.45) is 1.29. The maximum Gasteiger partial charge on any atom is 0.338 e. The molecule has 0 unspecified atom stereocenters. The molecule has 1 amide bonds. The molecular formula is C21H19N3O5. The molecule has 2 aromatic rings. The summed E-state index contributed by atoms with van der Waals surface area (Å²) < 4.78 is 4.91. The molecule has 0 radical (unpaired) electrons. The van der Waals surface area contributed by atoms with Crippen molar-refractivity contribution in [3.63, 3.8) is 0 Å². The summed E-state index contributed by atoms with van der Waals surface area (Å²) in [6, 6.07) is 14.1. The lowest BCUT2D eigenvalue weighted by atomic mass is 10.1. The zero-order valence-electron chi connectivity index (χ0n) is 15.6. The van der Waals surface area contributed by atoms with Crippen LogP contribution in [-0.2, 0) is 16.1 Å². The summed E-state index contributed by atoms with van der Waals surface area (Å²) in [4.78, 5) is 34.6. The van der Waals surface area contributed by atoms with E-state index < -0.39 is 17.8 Å². The molecule has 0 bridgehead atoms. The Kier molecular flexibility index (Phi) is 7.51. The first kappa shape index (κ1) is 21.2. The first-order valence-electron chi connectivity index (χ1n) is 8.69. The number of carboxylic acids is 1. The van der Waals surface area contributed by atoms with Gasteiger partial charge in [0, 0.05) is 18.4 Å². The summed E-state index contributed by atoms with van der Waals surface area (Å²) in [5.74, 6) is -2.09. The van der Waals surface area contributed by atoms with E-state index >= 15 is 0 Å². The van der Waals surface area contributed by atoms with Crippen molar-refractivity contribution in [1.29, 1.82) is 5.26 Å². The van der Waals surface area contributed by atoms with Crippen LogP contribution in [0.1, 0.15) is 33.2 Å². The van der Waals surface area contributed by atoms with Gasteiger partial charge in [0.15, 0.2) is 0 Å². The van der Waals surface area contributed by atoms with Crippen molar-refractivity contribution in [1.82, 2.24) is 5.32 Å². The number of aromatic carboxylic acids is 1. The van der Waals surface area contributed by atoms with Gasteiger partial charge in [-0.05, 0) is 48.9 Å². The van der Waals surface area contributed by atoms with Crippen LogP contribution in [-0.4, -0.2) is 29.6 Å². The van der Waals surface area contributed by atoms with Gasteiger partial charge in [0.1, 0.15) is 11.6 Å². The summed E-state index contributed by atoms with van der Waals surface area (Å²) in [5.41, 5.74) is 1.61. The number of nitriles is 1. The molecule has 8 heteroatoms. The molecule has 0 heterocycles. The van der Waals surface area contributed by atoms with Gasteiger partial charge in [-0.15, -0.1) is 0 Å². The Bertz CT molecular complexity index is 957. The standard InChI is InChI=1S/C21H19N3O5/c1-2-29-21(28)16-5-3-14(4-6-16)12-23-13-17(11-22)19(25)24-18-9-7-15(8-10-18)20(26)27/h3-10,13,23H,2,12H2,1H3,(H,24,25)(H,26,27)/b17-13-. The predicted octanol–water partition coefficient (Wildman–Crippen LogP) is 2.70. The van der Waals surface area contributed by atoms with Gasteiger partial charge in [0.05, 0.1) is 17.7 Å². The predicted molar refractivity (Wildman–Crippen MR) is 105 cm³/mol. The number of carbonyl (C=O) groups is 3. The van der Waals surface area contributed by atoms with Gasteiger partial charge >= 0.3 is 11.9 Å². The van der Waals surface area contributed by atoms with Crippen molar-refractivity contribution in [2.45, 2.75) is 13.5 Å². The first-order chi connectivity index (χ1) is 13.9. The lowest BCUT2D eigenvalue weighted by Crippen LogP contribution is -2.16. The number of carboxylic acid groups (broad SMARTS) is 1. The monoisotopic (exact) mass is 393 g/mol. The summed E-state index contributed by atoms with van der Waals surface area (Å²) in [7, 11) is 0. The Hall–Kier alpha value is -4.12. The van der Waals surface area contributed by atoms with E-state index in [9.17, 15) is 19.6 Å². The minimum Gasteiger partial charge on any atom is -0.478 e. The van der Waals surface area contributed by atoms with E-state index in [1.807, 2.05) is 6.07 Å². The van der Waals surface area contributed by atoms with Crippen LogP contribution < -0.4 is 10.6 Å². The minimum absolute atomic E-state index is 0.0923. The van der Waals surface area contributed by atoms with Gasteiger partial charge in [-0.2, -0.15) is 5.26 Å². The maximum absolute atomic E-state index is 12.2. The van der Waals surface area contributed by atoms with Crippen molar-refractivity contribution < 1.29 is 24.2 Å². The van der Waals surface area contributed by atoms with E-state index in [1.54, 1.807) is 31.2 Å². The van der Waals surface area contributed by atoms with Crippen molar-refractivity contribution in [3.8, 4) is 6.07 Å². The second-order valence-electron chi connectivity index (χ2n) is 5.80. The smallest absolute Gasteiger partial charge is 0.338 e. The number of esters is 1. The highest BCUT2D eigenvalue weighted by molar-refractivity contribution is 6.06. The van der Waals surface area contributed by atoms with Gasteiger partial charge in [0.2, 0.25) is 0 Å². The number of carbonyl (C=O) groups excluding carboxylic acids is 2. The lowest BCUT2D eigenvalue weighted by molar-refractivity contribution is -0.112. The topological polar surface area (TPSA) is 129 Å². The van der Waals surface area contributed by atoms with Crippen molar-refractivity contribution in [2.24, 2.45) is 0 Å². The fourth-order valence-corrected chi connectivity index (χ4v) is 2.29. The average molecular weight is 393 g/mol. The summed E-state index contributed by atoms with van der Waals surface area (Å²) in [6.45, 7) is 2.38. The van der Waals surface area contributed by atoms with E-state index in [-0.39, 0.29) is 11.1 Å². The fraction of sp³-hybridized carbons (Fsp3) is 0.143. The van der Waals surface area contributed by atoms with Crippen LogP contribution in [0.2, 0.25) is 0 Å². The third-order valence-corrected chi connectivity index (χ3v) is 3.77. The zero-order valence-corrected chi connectivity index (χ0v) is 15.6. The molecule has 0 saturated heterocycles. The van der Waals surface area contributed by atoms with Crippen molar-refractivity contribution >= 4 is 23.5 Å². The van der Waals surface area contributed by atoms with E-state index in [0.717, 1.165) is 5.56 Å². The Morgan fingerprint density at radius 2 is 1.69 bits per heavy atom. The lowest BCUT2D eigenvalue weighted by Gasteiger charge is -2.06. The highest BCUT2D eigenvalue weighted by Gasteiger charge is 2.10. The molecule has 0 spiro atoms. The molecular weight excluding hydrogens is 374 g/mol. The quantitative estimate of drug-likeness (QED) is 0.357. The van der Waals surface area contributed by atoms with Gasteiger partial charge in [-0.25, -0.2) is 9.59 Å². The van der Waals surface area contributed by atoms with Crippen LogP contribution >= 0.6 is 0 Å². The van der Waals surface area contributed by atoms with Crippen LogP contribution in [0.5, 0.6) is 0 Å². The number of amides is 1. The number of nitrogens with zero attached hydrogens (tertiary/aromatic N) is 1. The highest BCUT2D eigenvalue weighted by Crippen LogP contribution is 2.11. The highest BCUT2D eigenvalue weighted by atomic mass is 16.5. The van der Waals surface area contributed by atoms with E-state index in [4.69, 9.17) is 9.84 Å². The fourth-order valence-electron chi connectivity index (χ4n) is 2.29. The van der Waals surface area contributed by atoms with Gasteiger partial charge < -0.3 is 20.5 Å². The van der Waals surface area contributed by atoms with Crippen LogP contribution in [0.15, 0.2) is 60.3 Å². The molecule has 0 atom stereocenters. The Morgan fingerprint density at radius 3 is 2.24 bits per heavy atom. The maximum atomic E-state index is 12.2. The number of nitrogens with one attached hydrogen (secondary N) is 2. The van der Waals surface area contributed by atoms with Crippen LogP contribution in [0.3, 0.4) is 0 Å². The van der Waals surface area contributed by atoms with Crippen LogP contribution in [0, 0.1) is 11.3 Å². The van der Waals surface area contributed by atoms with Crippen molar-refractivity contribution in [3.05, 3.63) is 77.0 Å². The third-order valence-electron chi connectivity index (χ3n) is 3.77. The Labute approximate surface area is 167 Å². The number of hydrogen-bond donors (Lipinski definition) is 3. The van der Waals surface area contributed by atoms with Gasteiger partial charge in [-0.3, -0.25) is 4.79 Å². The normalized spacial score (nSPS) is 10.6. The Morgan fingerprint density at radius 1 is 1.07 bits per heavy atom. The van der Waals surface area contributed by atoms with E-state index in [0.29, 0.717) is 24.4 Å². The molecule has 0 aliphatic carbocycles. The molecule has 148 valence electrons.